The molecular formula is C17H14N4O. The first-order chi connectivity index (χ1) is 10.6. The monoisotopic (exact) mass is 290 g/mol. The highest BCUT2D eigenvalue weighted by atomic mass is 16.1. The summed E-state index contributed by atoms with van der Waals surface area (Å²) in [6, 6.07) is 13.3. The van der Waals surface area contributed by atoms with Crippen LogP contribution in [0.1, 0.15) is 5.56 Å². The predicted octanol–water partition coefficient (Wildman–Crippen LogP) is 2.96. The molecule has 0 aliphatic rings. The lowest BCUT2D eigenvalue weighted by Gasteiger charge is -2.03. The number of aromatic nitrogens is 3. The normalized spacial score (nSPS) is 11.3. The summed E-state index contributed by atoms with van der Waals surface area (Å²) in [5, 5.41) is 1.09. The average Bonchev–Trinajstić information content (AvgIpc) is 2.84. The Hall–Kier alpha value is -3.08. The maximum atomic E-state index is 12.4. The summed E-state index contributed by atoms with van der Waals surface area (Å²) >= 11 is 0. The largest absolute Gasteiger partial charge is 0.399 e. The molecule has 0 unspecified atom stereocenters. The van der Waals surface area contributed by atoms with Crippen molar-refractivity contribution in [2.24, 2.45) is 0 Å². The van der Waals surface area contributed by atoms with E-state index >= 15 is 0 Å². The van der Waals surface area contributed by atoms with Crippen molar-refractivity contribution in [1.29, 1.82) is 0 Å². The molecule has 22 heavy (non-hydrogen) atoms. The average molecular weight is 290 g/mol. The minimum absolute atomic E-state index is 0.229. The van der Waals surface area contributed by atoms with Crippen LogP contribution in [0.4, 0.5) is 5.69 Å². The van der Waals surface area contributed by atoms with Crippen molar-refractivity contribution in [2.75, 3.05) is 5.73 Å². The summed E-state index contributed by atoms with van der Waals surface area (Å²) in [5.74, 6) is 0. The zero-order valence-electron chi connectivity index (χ0n) is 12.0. The van der Waals surface area contributed by atoms with Gasteiger partial charge in [-0.25, -0.2) is 4.98 Å². The molecule has 108 valence electrons. The highest BCUT2D eigenvalue weighted by Gasteiger charge is 2.14. The number of fused-ring (bicyclic) bond motifs is 2. The Labute approximate surface area is 125 Å². The molecule has 0 saturated heterocycles. The van der Waals surface area contributed by atoms with Gasteiger partial charge in [-0.1, -0.05) is 18.2 Å². The summed E-state index contributed by atoms with van der Waals surface area (Å²) in [5.41, 5.74) is 10.6. The van der Waals surface area contributed by atoms with E-state index in [1.807, 2.05) is 37.3 Å². The third-order valence-corrected chi connectivity index (χ3v) is 3.92. The number of nitrogen functional groups attached to an aromatic ring is 1. The minimum Gasteiger partial charge on any atom is -0.399 e. The van der Waals surface area contributed by atoms with Crippen molar-refractivity contribution >= 4 is 27.6 Å². The van der Waals surface area contributed by atoms with Crippen molar-refractivity contribution in [1.82, 2.24) is 15.0 Å². The van der Waals surface area contributed by atoms with Gasteiger partial charge >= 0.3 is 0 Å². The quantitative estimate of drug-likeness (QED) is 0.471. The van der Waals surface area contributed by atoms with Crippen molar-refractivity contribution in [2.45, 2.75) is 6.92 Å². The molecule has 0 radical (unpaired) electrons. The van der Waals surface area contributed by atoms with Crippen LogP contribution in [-0.4, -0.2) is 15.0 Å². The number of aromatic amines is 2. The number of para-hydroxylation sites is 1. The van der Waals surface area contributed by atoms with Gasteiger partial charge in [0, 0.05) is 16.6 Å². The summed E-state index contributed by atoms with van der Waals surface area (Å²) < 4.78 is 0. The third kappa shape index (κ3) is 1.79. The van der Waals surface area contributed by atoms with Crippen LogP contribution in [0.25, 0.3) is 33.3 Å². The summed E-state index contributed by atoms with van der Waals surface area (Å²) in [4.78, 5) is 23.0. The zero-order valence-corrected chi connectivity index (χ0v) is 12.0. The summed E-state index contributed by atoms with van der Waals surface area (Å²) in [6.07, 6.45) is 0. The number of nitrogens with one attached hydrogen (secondary N) is 2. The number of rotatable bonds is 1. The van der Waals surface area contributed by atoms with Gasteiger partial charge in [0.1, 0.15) is 0 Å². The van der Waals surface area contributed by atoms with Gasteiger partial charge in [-0.3, -0.25) is 4.79 Å². The van der Waals surface area contributed by atoms with E-state index < -0.39 is 0 Å². The van der Waals surface area contributed by atoms with E-state index in [0.717, 1.165) is 22.2 Å². The maximum Gasteiger partial charge on any atom is 0.276 e. The molecule has 2 aromatic carbocycles. The highest BCUT2D eigenvalue weighted by molar-refractivity contribution is 5.90. The zero-order chi connectivity index (χ0) is 15.3. The van der Waals surface area contributed by atoms with Crippen LogP contribution in [0.5, 0.6) is 0 Å². The van der Waals surface area contributed by atoms with Gasteiger partial charge in [0.2, 0.25) is 0 Å². The van der Waals surface area contributed by atoms with Crippen LogP contribution < -0.4 is 11.3 Å². The van der Waals surface area contributed by atoms with Crippen LogP contribution in [0.3, 0.4) is 0 Å². The van der Waals surface area contributed by atoms with Crippen molar-refractivity contribution in [3.8, 4) is 11.4 Å². The molecule has 5 heteroatoms. The Morgan fingerprint density at radius 1 is 1.05 bits per heavy atom. The lowest BCUT2D eigenvalue weighted by Crippen LogP contribution is -2.12. The van der Waals surface area contributed by atoms with Crippen molar-refractivity contribution < 1.29 is 0 Å². The fourth-order valence-electron chi connectivity index (χ4n) is 2.79. The Morgan fingerprint density at radius 2 is 1.86 bits per heavy atom. The number of benzene rings is 2. The second-order valence-electron chi connectivity index (χ2n) is 5.36. The SMILES string of the molecule is Cc1c(-c2nc3ccc(N)cc3[nH]c2=O)[nH]c2ccccc12. The molecular weight excluding hydrogens is 276 g/mol. The van der Waals surface area contributed by atoms with Crippen molar-refractivity contribution in [3.63, 3.8) is 0 Å². The molecule has 0 aliphatic carbocycles. The van der Waals surface area contributed by atoms with Crippen LogP contribution in [0.15, 0.2) is 47.3 Å². The first-order valence-electron chi connectivity index (χ1n) is 7.01. The fourth-order valence-corrected chi connectivity index (χ4v) is 2.79. The van der Waals surface area contributed by atoms with E-state index in [1.54, 1.807) is 12.1 Å². The third-order valence-electron chi connectivity index (χ3n) is 3.92. The standard InChI is InChI=1S/C17H14N4O/c1-9-11-4-2-3-5-12(11)19-15(9)16-17(22)21-14-8-10(18)6-7-13(14)20-16/h2-8,19H,18H2,1H3,(H,21,22). The summed E-state index contributed by atoms with van der Waals surface area (Å²) in [7, 11) is 0. The highest BCUT2D eigenvalue weighted by Crippen LogP contribution is 2.27. The Kier molecular flexibility index (Phi) is 2.56. The Balaban J connectivity index is 2.03. The topological polar surface area (TPSA) is 87.6 Å². The molecule has 4 aromatic rings. The molecule has 4 rings (SSSR count). The first-order valence-corrected chi connectivity index (χ1v) is 7.01. The molecule has 0 fully saturated rings. The molecule has 2 aromatic heterocycles. The van der Waals surface area contributed by atoms with E-state index in [4.69, 9.17) is 5.73 Å². The van der Waals surface area contributed by atoms with Gasteiger partial charge in [-0.2, -0.15) is 0 Å². The summed E-state index contributed by atoms with van der Waals surface area (Å²) in [6.45, 7) is 1.99. The Bertz CT molecular complexity index is 1080. The second-order valence-corrected chi connectivity index (χ2v) is 5.36. The molecule has 5 nitrogen and oxygen atoms in total. The van der Waals surface area contributed by atoms with Crippen LogP contribution in [-0.2, 0) is 0 Å². The van der Waals surface area contributed by atoms with Gasteiger partial charge in [-0.05, 0) is 36.8 Å². The molecule has 0 spiro atoms. The lowest BCUT2D eigenvalue weighted by atomic mass is 10.1. The molecule has 0 atom stereocenters. The second kappa shape index (κ2) is 4.46. The predicted molar refractivity (Wildman–Crippen MR) is 88.8 cm³/mol. The molecule has 0 amide bonds. The van der Waals surface area contributed by atoms with Gasteiger partial charge in [-0.15, -0.1) is 0 Å². The minimum atomic E-state index is -0.229. The van der Waals surface area contributed by atoms with E-state index in [0.29, 0.717) is 22.4 Å². The molecule has 0 bridgehead atoms. The number of hydrogen-bond acceptors (Lipinski definition) is 3. The Morgan fingerprint density at radius 3 is 2.68 bits per heavy atom. The number of nitrogens with two attached hydrogens (primary N) is 1. The van der Waals surface area contributed by atoms with E-state index in [2.05, 4.69) is 15.0 Å². The number of hydrogen-bond donors (Lipinski definition) is 3. The van der Waals surface area contributed by atoms with Crippen LogP contribution in [0.2, 0.25) is 0 Å². The number of anilines is 1. The van der Waals surface area contributed by atoms with Crippen LogP contribution >= 0.6 is 0 Å². The molecule has 2 heterocycles. The van der Waals surface area contributed by atoms with Crippen molar-refractivity contribution in [3.05, 3.63) is 58.4 Å². The van der Waals surface area contributed by atoms with Crippen LogP contribution in [0, 0.1) is 6.92 Å². The molecule has 0 saturated carbocycles. The van der Waals surface area contributed by atoms with E-state index in [1.165, 1.54) is 0 Å². The number of nitrogens with zero attached hydrogens (tertiary/aromatic N) is 1. The first kappa shape index (κ1) is 12.6. The van der Waals surface area contributed by atoms with E-state index in [-0.39, 0.29) is 5.56 Å². The smallest absolute Gasteiger partial charge is 0.276 e. The molecule has 0 aliphatic heterocycles. The lowest BCUT2D eigenvalue weighted by molar-refractivity contribution is 1.20. The number of aryl methyl sites for hydroxylation is 1. The molecule has 4 N–H and O–H groups in total. The van der Waals surface area contributed by atoms with E-state index in [9.17, 15) is 4.79 Å². The van der Waals surface area contributed by atoms with Gasteiger partial charge in [0.15, 0.2) is 5.69 Å². The maximum absolute atomic E-state index is 12.4. The van der Waals surface area contributed by atoms with Gasteiger partial charge in [0.05, 0.1) is 16.7 Å². The number of H-pyrrole nitrogens is 2. The fraction of sp³-hybridized carbons (Fsp3) is 0.0588. The van der Waals surface area contributed by atoms with Gasteiger partial charge in [0.25, 0.3) is 5.56 Å². The van der Waals surface area contributed by atoms with Gasteiger partial charge < -0.3 is 15.7 Å².